The van der Waals surface area contributed by atoms with Crippen molar-refractivity contribution in [2.75, 3.05) is 17.2 Å². The van der Waals surface area contributed by atoms with Gasteiger partial charge in [-0.1, -0.05) is 0 Å². The lowest BCUT2D eigenvalue weighted by Gasteiger charge is -2.18. The summed E-state index contributed by atoms with van der Waals surface area (Å²) in [5, 5.41) is 6.16. The normalized spacial score (nSPS) is 18.8. The fourth-order valence-corrected chi connectivity index (χ4v) is 1.64. The molecule has 1 aromatic rings. The van der Waals surface area contributed by atoms with Crippen molar-refractivity contribution in [2.24, 2.45) is 0 Å². The average molecular weight is 204 g/mol. The van der Waals surface area contributed by atoms with E-state index in [0.717, 1.165) is 17.1 Å². The second-order valence-corrected chi connectivity index (χ2v) is 3.97. The van der Waals surface area contributed by atoms with Gasteiger partial charge in [-0.25, -0.2) is 0 Å². The van der Waals surface area contributed by atoms with Crippen molar-refractivity contribution in [3.63, 3.8) is 0 Å². The Morgan fingerprint density at radius 3 is 3.07 bits per heavy atom. The maximum Gasteiger partial charge on any atom is 0.262 e. The number of nitrogens with one attached hydrogen (secondary N) is 2. The number of fused-ring (bicyclic) bond motifs is 1. The molecule has 2 aliphatic rings. The van der Waals surface area contributed by atoms with E-state index in [1.54, 1.807) is 0 Å². The van der Waals surface area contributed by atoms with Crippen molar-refractivity contribution in [3.8, 4) is 5.75 Å². The van der Waals surface area contributed by atoms with Crippen LogP contribution >= 0.6 is 0 Å². The van der Waals surface area contributed by atoms with Gasteiger partial charge in [-0.05, 0) is 31.0 Å². The predicted octanol–water partition coefficient (Wildman–Crippen LogP) is 1.59. The van der Waals surface area contributed by atoms with Gasteiger partial charge in [-0.3, -0.25) is 4.79 Å². The molecule has 4 heteroatoms. The fraction of sp³-hybridized carbons (Fsp3) is 0.364. The second kappa shape index (κ2) is 3.15. The zero-order valence-electron chi connectivity index (χ0n) is 8.25. The van der Waals surface area contributed by atoms with Gasteiger partial charge in [0.1, 0.15) is 5.75 Å². The monoisotopic (exact) mass is 204 g/mol. The molecule has 0 bridgehead atoms. The van der Waals surface area contributed by atoms with E-state index < -0.39 is 0 Å². The molecule has 1 aromatic carbocycles. The topological polar surface area (TPSA) is 50.4 Å². The Morgan fingerprint density at radius 2 is 2.27 bits per heavy atom. The van der Waals surface area contributed by atoms with Gasteiger partial charge in [-0.2, -0.15) is 0 Å². The largest absolute Gasteiger partial charge is 0.482 e. The van der Waals surface area contributed by atoms with Crippen LogP contribution in [0.2, 0.25) is 0 Å². The second-order valence-electron chi connectivity index (χ2n) is 3.97. The van der Waals surface area contributed by atoms with Crippen LogP contribution in [0.3, 0.4) is 0 Å². The van der Waals surface area contributed by atoms with Crippen LogP contribution < -0.4 is 15.4 Å². The smallest absolute Gasteiger partial charge is 0.262 e. The highest BCUT2D eigenvalue weighted by molar-refractivity contribution is 5.96. The third-order valence-electron chi connectivity index (χ3n) is 2.56. The van der Waals surface area contributed by atoms with Crippen LogP contribution in [0.15, 0.2) is 18.2 Å². The molecule has 0 radical (unpaired) electrons. The van der Waals surface area contributed by atoms with Gasteiger partial charge >= 0.3 is 0 Å². The Morgan fingerprint density at radius 1 is 1.40 bits per heavy atom. The van der Waals surface area contributed by atoms with Crippen LogP contribution in [-0.4, -0.2) is 18.6 Å². The third kappa shape index (κ3) is 1.75. The summed E-state index contributed by atoms with van der Waals surface area (Å²) in [7, 11) is 0. The predicted molar refractivity (Wildman–Crippen MR) is 57.2 cm³/mol. The number of benzene rings is 1. The molecule has 2 N–H and O–H groups in total. The molecule has 0 aromatic heterocycles. The lowest BCUT2D eigenvalue weighted by molar-refractivity contribution is -0.118. The van der Waals surface area contributed by atoms with Gasteiger partial charge in [0.25, 0.3) is 5.91 Å². The van der Waals surface area contributed by atoms with E-state index in [2.05, 4.69) is 10.6 Å². The molecule has 78 valence electrons. The van der Waals surface area contributed by atoms with Crippen LogP contribution in [0.1, 0.15) is 12.8 Å². The van der Waals surface area contributed by atoms with E-state index >= 15 is 0 Å². The van der Waals surface area contributed by atoms with Gasteiger partial charge in [0, 0.05) is 11.7 Å². The molecule has 0 spiro atoms. The minimum absolute atomic E-state index is 0.0916. The van der Waals surface area contributed by atoms with Crippen molar-refractivity contribution in [3.05, 3.63) is 18.2 Å². The zero-order chi connectivity index (χ0) is 10.3. The minimum Gasteiger partial charge on any atom is -0.482 e. The number of amides is 1. The van der Waals surface area contributed by atoms with Crippen LogP contribution in [0, 0.1) is 0 Å². The molecule has 1 amide bonds. The van der Waals surface area contributed by atoms with Crippen molar-refractivity contribution in [2.45, 2.75) is 18.9 Å². The number of anilines is 2. The Hall–Kier alpha value is -1.71. The van der Waals surface area contributed by atoms with E-state index in [1.165, 1.54) is 12.8 Å². The van der Waals surface area contributed by atoms with E-state index in [9.17, 15) is 4.79 Å². The van der Waals surface area contributed by atoms with Crippen molar-refractivity contribution >= 4 is 17.3 Å². The number of carbonyl (C=O) groups excluding carboxylic acids is 1. The molecule has 1 heterocycles. The molecule has 1 fully saturated rings. The Bertz CT molecular complexity index is 413. The first-order valence-electron chi connectivity index (χ1n) is 5.14. The van der Waals surface area contributed by atoms with E-state index in [-0.39, 0.29) is 12.5 Å². The quantitative estimate of drug-likeness (QED) is 0.769. The van der Waals surface area contributed by atoms with Crippen molar-refractivity contribution in [1.29, 1.82) is 0 Å². The van der Waals surface area contributed by atoms with Gasteiger partial charge in [-0.15, -0.1) is 0 Å². The summed E-state index contributed by atoms with van der Waals surface area (Å²) in [6.45, 7) is 0.113. The minimum atomic E-state index is -0.0916. The summed E-state index contributed by atoms with van der Waals surface area (Å²) >= 11 is 0. The zero-order valence-corrected chi connectivity index (χ0v) is 8.25. The molecule has 0 unspecified atom stereocenters. The molecule has 1 aliphatic heterocycles. The molecule has 3 rings (SSSR count). The molecule has 0 atom stereocenters. The number of rotatable bonds is 2. The number of ether oxygens (including phenoxy) is 1. The highest BCUT2D eigenvalue weighted by Crippen LogP contribution is 2.32. The molecule has 15 heavy (non-hydrogen) atoms. The van der Waals surface area contributed by atoms with Crippen LogP contribution in [0.25, 0.3) is 0 Å². The third-order valence-corrected chi connectivity index (χ3v) is 2.56. The first-order valence-corrected chi connectivity index (χ1v) is 5.14. The molecule has 1 aliphatic carbocycles. The SMILES string of the molecule is O=C1COc2ccc(NC3CC3)cc2N1. The van der Waals surface area contributed by atoms with E-state index in [0.29, 0.717) is 6.04 Å². The maximum atomic E-state index is 11.1. The Balaban J connectivity index is 1.86. The van der Waals surface area contributed by atoms with E-state index in [1.807, 2.05) is 18.2 Å². The summed E-state index contributed by atoms with van der Waals surface area (Å²) < 4.78 is 5.27. The first-order chi connectivity index (χ1) is 7.31. The van der Waals surface area contributed by atoms with Crippen molar-refractivity contribution < 1.29 is 9.53 Å². The van der Waals surface area contributed by atoms with Crippen LogP contribution in [0.5, 0.6) is 5.75 Å². The summed E-state index contributed by atoms with van der Waals surface area (Å²) in [5.74, 6) is 0.655. The lowest BCUT2D eigenvalue weighted by Crippen LogP contribution is -2.25. The molecule has 0 saturated heterocycles. The van der Waals surface area contributed by atoms with Gasteiger partial charge in [0.05, 0.1) is 5.69 Å². The highest BCUT2D eigenvalue weighted by atomic mass is 16.5. The molecule has 1 saturated carbocycles. The standard InChI is InChI=1S/C11H12N2O2/c14-11-6-15-10-4-3-8(5-9(10)13-11)12-7-1-2-7/h3-5,7,12H,1-2,6H2,(H,13,14). The molecule has 4 nitrogen and oxygen atoms in total. The number of carbonyl (C=O) groups is 1. The molecular formula is C11H12N2O2. The molecular weight excluding hydrogens is 192 g/mol. The summed E-state index contributed by atoms with van der Waals surface area (Å²) in [4.78, 5) is 11.1. The average Bonchev–Trinajstić information content (AvgIpc) is 3.01. The highest BCUT2D eigenvalue weighted by Gasteiger charge is 2.22. The number of hydrogen-bond acceptors (Lipinski definition) is 3. The Labute approximate surface area is 87.6 Å². The van der Waals surface area contributed by atoms with Gasteiger partial charge in [0.2, 0.25) is 0 Å². The lowest BCUT2D eigenvalue weighted by atomic mass is 10.2. The first kappa shape index (κ1) is 8.59. The summed E-state index contributed by atoms with van der Waals surface area (Å²) in [6.07, 6.45) is 2.47. The summed E-state index contributed by atoms with van der Waals surface area (Å²) in [5.41, 5.74) is 1.80. The van der Waals surface area contributed by atoms with Crippen LogP contribution in [0.4, 0.5) is 11.4 Å². The fourth-order valence-electron chi connectivity index (χ4n) is 1.64. The van der Waals surface area contributed by atoms with Gasteiger partial charge < -0.3 is 15.4 Å². The maximum absolute atomic E-state index is 11.1. The van der Waals surface area contributed by atoms with E-state index in [4.69, 9.17) is 4.74 Å². The van der Waals surface area contributed by atoms with Crippen molar-refractivity contribution in [1.82, 2.24) is 0 Å². The number of hydrogen-bond donors (Lipinski definition) is 2. The summed E-state index contributed by atoms with van der Waals surface area (Å²) in [6, 6.07) is 6.40. The van der Waals surface area contributed by atoms with Crippen LogP contribution in [-0.2, 0) is 4.79 Å². The Kier molecular flexibility index (Phi) is 1.80. The van der Waals surface area contributed by atoms with Gasteiger partial charge in [0.15, 0.2) is 6.61 Å².